The summed E-state index contributed by atoms with van der Waals surface area (Å²) in [5, 5.41) is 11.7. The zero-order valence-corrected chi connectivity index (χ0v) is 37.2. The van der Waals surface area contributed by atoms with E-state index in [4.69, 9.17) is 25.2 Å². The summed E-state index contributed by atoms with van der Waals surface area (Å²) in [5.41, 5.74) is 3.80. The van der Waals surface area contributed by atoms with E-state index in [2.05, 4.69) is 120 Å². The van der Waals surface area contributed by atoms with Crippen LogP contribution in [0.1, 0.15) is 127 Å². The standard InChI is InChI=1S/C44H75NO4Si2/c1-30(18-23-38(46)44(25-26-44)39-45-29-42(9,10)47-39)35-21-22-36-32(17-16-24-43(35,36)11)19-20-33-27-34(48-50(12,13)40(3,4)5)28-37(31(33)2)49-51(14,15)41(6,7)8/h18-20,23,30,34-38,46H,2,16-17,21-22,24-29H2,1,3-15H3/b23-18+,32-19+,33-20-/t30-,34-,35-,36+,37+,38+,43-/m1/s1. The normalized spacial score (nSPS) is 34.1. The zero-order chi connectivity index (χ0) is 38.0. The van der Waals surface area contributed by atoms with E-state index < -0.39 is 22.7 Å². The molecular weight excluding hydrogens is 663 g/mol. The second kappa shape index (κ2) is 14.1. The van der Waals surface area contributed by atoms with E-state index in [0.717, 1.165) is 37.2 Å². The Hall–Kier alpha value is -1.26. The van der Waals surface area contributed by atoms with E-state index in [-0.39, 0.29) is 38.7 Å². The number of rotatable bonds is 10. The third-order valence-corrected chi connectivity index (χ3v) is 23.8. The highest BCUT2D eigenvalue weighted by Gasteiger charge is 2.57. The van der Waals surface area contributed by atoms with E-state index >= 15 is 0 Å². The molecule has 0 aromatic rings. The highest BCUT2D eigenvalue weighted by Crippen LogP contribution is 2.60. The van der Waals surface area contributed by atoms with Crippen LogP contribution in [0.2, 0.25) is 36.3 Å². The molecule has 7 atom stereocenters. The molecule has 0 radical (unpaired) electrons. The monoisotopic (exact) mass is 738 g/mol. The van der Waals surface area contributed by atoms with Gasteiger partial charge in [-0.25, -0.2) is 0 Å². The molecule has 0 unspecified atom stereocenters. The van der Waals surface area contributed by atoms with Crippen LogP contribution >= 0.6 is 0 Å². The molecule has 1 heterocycles. The summed E-state index contributed by atoms with van der Waals surface area (Å²) in [6.07, 6.45) is 18.8. The summed E-state index contributed by atoms with van der Waals surface area (Å²) < 4.78 is 20.4. The highest BCUT2D eigenvalue weighted by molar-refractivity contribution is 6.74. The van der Waals surface area contributed by atoms with Gasteiger partial charge in [-0.3, -0.25) is 4.99 Å². The predicted octanol–water partition coefficient (Wildman–Crippen LogP) is 11.7. The molecule has 0 bridgehead atoms. The Balaban J connectivity index is 1.33. The van der Waals surface area contributed by atoms with Gasteiger partial charge in [-0.15, -0.1) is 0 Å². The van der Waals surface area contributed by atoms with Crippen LogP contribution in [-0.4, -0.2) is 58.1 Å². The maximum absolute atomic E-state index is 11.4. The maximum Gasteiger partial charge on any atom is 0.193 e. The van der Waals surface area contributed by atoms with E-state index in [9.17, 15) is 5.11 Å². The van der Waals surface area contributed by atoms with Crippen LogP contribution in [0.15, 0.2) is 52.6 Å². The van der Waals surface area contributed by atoms with Crippen molar-refractivity contribution >= 4 is 22.5 Å². The third kappa shape index (κ3) is 8.38. The summed E-state index contributed by atoms with van der Waals surface area (Å²) in [6.45, 7) is 38.0. The van der Waals surface area contributed by atoms with Gasteiger partial charge in [0.25, 0.3) is 0 Å². The van der Waals surface area contributed by atoms with Crippen molar-refractivity contribution in [2.75, 3.05) is 6.54 Å². The van der Waals surface area contributed by atoms with E-state index in [0.29, 0.717) is 24.3 Å². The van der Waals surface area contributed by atoms with Gasteiger partial charge in [-0.05, 0) is 136 Å². The smallest absolute Gasteiger partial charge is 0.193 e. The summed E-state index contributed by atoms with van der Waals surface area (Å²) in [5.74, 6) is 2.39. The number of aliphatic hydroxyl groups excluding tert-OH is 1. The first-order chi connectivity index (χ1) is 23.3. The van der Waals surface area contributed by atoms with Crippen LogP contribution in [0, 0.1) is 28.6 Å². The van der Waals surface area contributed by atoms with Crippen molar-refractivity contribution in [1.29, 1.82) is 0 Å². The Morgan fingerprint density at radius 1 is 0.922 bits per heavy atom. The molecule has 0 aromatic heterocycles. The second-order valence-corrected chi connectivity index (χ2v) is 30.7. The van der Waals surface area contributed by atoms with Gasteiger partial charge < -0.3 is 18.7 Å². The summed E-state index contributed by atoms with van der Waals surface area (Å²) in [7, 11) is -3.96. The molecule has 5 rings (SSSR count). The minimum absolute atomic E-state index is 0.00287. The lowest BCUT2D eigenvalue weighted by Crippen LogP contribution is -2.49. The van der Waals surface area contributed by atoms with E-state index in [1.165, 1.54) is 37.7 Å². The molecule has 0 spiro atoms. The van der Waals surface area contributed by atoms with E-state index in [1.807, 2.05) is 0 Å². The van der Waals surface area contributed by atoms with Crippen molar-refractivity contribution in [3.8, 4) is 0 Å². The molecule has 4 saturated carbocycles. The number of hydrogen-bond acceptors (Lipinski definition) is 5. The Morgan fingerprint density at radius 2 is 1.55 bits per heavy atom. The molecule has 288 valence electrons. The SMILES string of the molecule is C=C1/C(=C\C=C2/CCC[C@]3(C)[C@@H]([C@H](C)/C=C/[C@H](O)C4(C5=NCC(C)(C)O5)CC4)CC[C@@H]23)C[C@@H](O[Si](C)(C)C(C)(C)C)C[C@@H]1O[Si](C)(C)C(C)(C)C. The van der Waals surface area contributed by atoms with Crippen molar-refractivity contribution in [1.82, 2.24) is 0 Å². The summed E-state index contributed by atoms with van der Waals surface area (Å²) in [4.78, 5) is 4.71. The van der Waals surface area contributed by atoms with Gasteiger partial charge in [0.2, 0.25) is 0 Å². The van der Waals surface area contributed by atoms with Gasteiger partial charge in [0.1, 0.15) is 5.60 Å². The van der Waals surface area contributed by atoms with Gasteiger partial charge in [0.05, 0.1) is 30.3 Å². The third-order valence-electron chi connectivity index (χ3n) is 14.8. The van der Waals surface area contributed by atoms with Crippen molar-refractivity contribution in [3.05, 3.63) is 47.6 Å². The molecule has 4 fully saturated rings. The fourth-order valence-electron chi connectivity index (χ4n) is 9.13. The van der Waals surface area contributed by atoms with Gasteiger partial charge in [0.15, 0.2) is 22.5 Å². The Labute approximate surface area is 315 Å². The summed E-state index contributed by atoms with van der Waals surface area (Å²) >= 11 is 0. The molecule has 0 aromatic carbocycles. The topological polar surface area (TPSA) is 60.3 Å². The van der Waals surface area contributed by atoms with Crippen molar-refractivity contribution in [3.63, 3.8) is 0 Å². The van der Waals surface area contributed by atoms with Crippen LogP contribution in [-0.2, 0) is 13.6 Å². The number of ether oxygens (including phenoxy) is 1. The Kier molecular flexibility index (Phi) is 11.3. The zero-order valence-electron chi connectivity index (χ0n) is 35.2. The van der Waals surface area contributed by atoms with Crippen LogP contribution < -0.4 is 0 Å². The molecule has 5 nitrogen and oxygen atoms in total. The van der Waals surface area contributed by atoms with Crippen molar-refractivity contribution < 1.29 is 18.7 Å². The molecule has 4 aliphatic carbocycles. The second-order valence-electron chi connectivity index (χ2n) is 21.2. The molecule has 1 aliphatic heterocycles. The fourth-order valence-corrected chi connectivity index (χ4v) is 11.8. The number of nitrogens with zero attached hydrogens (tertiary/aromatic N) is 1. The Bertz CT molecular complexity index is 1440. The lowest BCUT2D eigenvalue weighted by Gasteiger charge is -2.45. The quantitative estimate of drug-likeness (QED) is 0.179. The van der Waals surface area contributed by atoms with Crippen molar-refractivity contribution in [2.24, 2.45) is 33.6 Å². The number of aliphatic hydroxyl groups is 1. The van der Waals surface area contributed by atoms with E-state index in [1.54, 1.807) is 5.57 Å². The minimum Gasteiger partial charge on any atom is -0.473 e. The van der Waals surface area contributed by atoms with Crippen LogP contribution in [0.5, 0.6) is 0 Å². The van der Waals surface area contributed by atoms with Gasteiger partial charge in [-0.2, -0.15) is 0 Å². The first-order valence-corrected chi connectivity index (χ1v) is 26.2. The first kappa shape index (κ1) is 40.9. The molecular formula is C44H75NO4Si2. The first-order valence-electron chi connectivity index (χ1n) is 20.4. The molecule has 7 heteroatoms. The number of aliphatic imine (C=N–C) groups is 1. The predicted molar refractivity (Wildman–Crippen MR) is 220 cm³/mol. The van der Waals surface area contributed by atoms with Crippen LogP contribution in [0.4, 0.5) is 0 Å². The average molecular weight is 738 g/mol. The molecule has 0 saturated heterocycles. The fraction of sp³-hybridized carbons (Fsp3) is 0.795. The average Bonchev–Trinajstić information content (AvgIpc) is 3.61. The largest absolute Gasteiger partial charge is 0.473 e. The number of hydrogen-bond donors (Lipinski definition) is 1. The maximum atomic E-state index is 11.4. The minimum atomic E-state index is -2.00. The molecule has 0 amide bonds. The molecule has 1 N–H and O–H groups in total. The molecule has 51 heavy (non-hydrogen) atoms. The lowest BCUT2D eigenvalue weighted by atomic mass is 9.61. The summed E-state index contributed by atoms with van der Waals surface area (Å²) in [6, 6.07) is 0. The number of fused-ring (bicyclic) bond motifs is 1. The number of allylic oxidation sites excluding steroid dienone is 4. The van der Waals surface area contributed by atoms with Gasteiger partial charge >= 0.3 is 0 Å². The highest BCUT2D eigenvalue weighted by atomic mass is 28.4. The Morgan fingerprint density at radius 3 is 2.12 bits per heavy atom. The van der Waals surface area contributed by atoms with Crippen LogP contribution in [0.25, 0.3) is 0 Å². The van der Waals surface area contributed by atoms with Gasteiger partial charge in [0, 0.05) is 6.42 Å². The molecule has 5 aliphatic rings. The van der Waals surface area contributed by atoms with Crippen LogP contribution in [0.3, 0.4) is 0 Å². The van der Waals surface area contributed by atoms with Crippen molar-refractivity contribution in [2.45, 2.75) is 187 Å². The van der Waals surface area contributed by atoms with Gasteiger partial charge in [-0.1, -0.05) is 91.8 Å². The lowest BCUT2D eigenvalue weighted by molar-refractivity contribution is 0.0957.